The Balaban J connectivity index is 2.14. The summed E-state index contributed by atoms with van der Waals surface area (Å²) in [5.74, 6) is -4.96. The number of carboxylic acid groups (broad SMARTS) is 2. The second kappa shape index (κ2) is 12.1. The summed E-state index contributed by atoms with van der Waals surface area (Å²) < 4.78 is 0. The first-order chi connectivity index (χ1) is 15.6. The summed E-state index contributed by atoms with van der Waals surface area (Å²) in [7, 11) is 0. The fourth-order valence-corrected chi connectivity index (χ4v) is 4.02. The topological polar surface area (TPSA) is 208 Å². The van der Waals surface area contributed by atoms with E-state index in [1.165, 1.54) is 0 Å². The zero-order valence-electron chi connectivity index (χ0n) is 18.2. The molecule has 4 atom stereocenters. The molecule has 2 heterocycles. The van der Waals surface area contributed by atoms with E-state index in [1.807, 2.05) is 0 Å². The molecule has 4 unspecified atom stereocenters. The average Bonchev–Trinajstić information content (AvgIpc) is 3.45. The fourth-order valence-electron chi connectivity index (χ4n) is 4.02. The SMILES string of the molecule is NC(=O)CCC(NC(=O)C(CCC(=O)O)NC(=O)C1CCCN1)C(=O)N1CCCC1C(=O)O. The Bertz CT molecular complexity index is 782. The summed E-state index contributed by atoms with van der Waals surface area (Å²) in [4.78, 5) is 73.4. The van der Waals surface area contributed by atoms with E-state index in [0.717, 1.165) is 11.3 Å². The second-order valence-electron chi connectivity index (χ2n) is 8.24. The van der Waals surface area contributed by atoms with E-state index in [1.54, 1.807) is 0 Å². The molecule has 2 rings (SSSR count). The number of aliphatic carboxylic acids is 2. The van der Waals surface area contributed by atoms with E-state index in [2.05, 4.69) is 16.0 Å². The van der Waals surface area contributed by atoms with Crippen molar-refractivity contribution in [3.63, 3.8) is 0 Å². The molecule has 0 aromatic carbocycles. The Hall–Kier alpha value is -3.22. The molecule has 0 aromatic rings. The standard InChI is InChI=1S/C20H31N5O8/c21-15(26)7-5-13(19(31)25-10-2-4-14(25)20(32)33)24-18(30)12(6-8-16(27)28)23-17(29)11-3-1-9-22-11/h11-14,22H,1-10H2,(H2,21,26)(H,23,29)(H,24,30)(H,27,28)(H,32,33). The smallest absolute Gasteiger partial charge is 0.326 e. The van der Waals surface area contributed by atoms with E-state index in [-0.39, 0.29) is 32.2 Å². The molecule has 0 aliphatic carbocycles. The average molecular weight is 469 g/mol. The largest absolute Gasteiger partial charge is 0.481 e. The third-order valence-electron chi connectivity index (χ3n) is 5.77. The van der Waals surface area contributed by atoms with Crippen molar-refractivity contribution in [2.75, 3.05) is 13.1 Å². The van der Waals surface area contributed by atoms with Gasteiger partial charge >= 0.3 is 11.9 Å². The molecule has 184 valence electrons. The maximum Gasteiger partial charge on any atom is 0.326 e. The van der Waals surface area contributed by atoms with Crippen LogP contribution in [-0.4, -0.2) is 87.9 Å². The van der Waals surface area contributed by atoms with Crippen LogP contribution in [0.2, 0.25) is 0 Å². The molecule has 2 fully saturated rings. The maximum atomic E-state index is 13.0. The Morgan fingerprint density at radius 1 is 0.970 bits per heavy atom. The third-order valence-corrected chi connectivity index (χ3v) is 5.77. The lowest BCUT2D eigenvalue weighted by Gasteiger charge is -2.28. The Labute approximate surface area is 190 Å². The number of likely N-dealkylation sites (tertiary alicyclic amines) is 1. The van der Waals surface area contributed by atoms with Crippen molar-refractivity contribution < 1.29 is 39.0 Å². The van der Waals surface area contributed by atoms with Crippen molar-refractivity contribution in [3.05, 3.63) is 0 Å². The highest BCUT2D eigenvalue weighted by molar-refractivity contribution is 5.94. The number of nitrogens with one attached hydrogen (secondary N) is 3. The minimum absolute atomic E-state index is 0.160. The lowest BCUT2D eigenvalue weighted by molar-refractivity contribution is -0.149. The number of hydrogen-bond donors (Lipinski definition) is 6. The van der Waals surface area contributed by atoms with Gasteiger partial charge in [-0.3, -0.25) is 24.0 Å². The van der Waals surface area contributed by atoms with Gasteiger partial charge in [0.05, 0.1) is 6.04 Å². The van der Waals surface area contributed by atoms with Crippen LogP contribution in [0.4, 0.5) is 0 Å². The lowest BCUT2D eigenvalue weighted by atomic mass is 10.1. The first-order valence-corrected chi connectivity index (χ1v) is 11.0. The van der Waals surface area contributed by atoms with Crippen LogP contribution in [0.15, 0.2) is 0 Å². The molecule has 4 amide bonds. The predicted molar refractivity (Wildman–Crippen MR) is 113 cm³/mol. The van der Waals surface area contributed by atoms with E-state index >= 15 is 0 Å². The summed E-state index contributed by atoms with van der Waals surface area (Å²) >= 11 is 0. The van der Waals surface area contributed by atoms with Gasteiger partial charge in [0.2, 0.25) is 23.6 Å². The van der Waals surface area contributed by atoms with Crippen LogP contribution >= 0.6 is 0 Å². The van der Waals surface area contributed by atoms with Gasteiger partial charge in [0.25, 0.3) is 0 Å². The van der Waals surface area contributed by atoms with Crippen molar-refractivity contribution >= 4 is 35.6 Å². The fraction of sp³-hybridized carbons (Fsp3) is 0.700. The van der Waals surface area contributed by atoms with Crippen LogP contribution in [0.3, 0.4) is 0 Å². The molecule has 13 nitrogen and oxygen atoms in total. The van der Waals surface area contributed by atoms with Crippen molar-refractivity contribution in [2.45, 2.75) is 75.5 Å². The summed E-state index contributed by atoms with van der Waals surface area (Å²) in [6.07, 6.45) is 1.10. The van der Waals surface area contributed by atoms with Gasteiger partial charge in [-0.25, -0.2) is 4.79 Å². The molecule has 13 heteroatoms. The minimum Gasteiger partial charge on any atom is -0.481 e. The van der Waals surface area contributed by atoms with Gasteiger partial charge in [-0.15, -0.1) is 0 Å². The molecule has 2 aliphatic heterocycles. The molecule has 0 saturated carbocycles. The van der Waals surface area contributed by atoms with Gasteiger partial charge in [-0.1, -0.05) is 0 Å². The quantitative estimate of drug-likeness (QED) is 0.185. The second-order valence-corrected chi connectivity index (χ2v) is 8.24. The van der Waals surface area contributed by atoms with Crippen molar-refractivity contribution in [1.82, 2.24) is 20.9 Å². The van der Waals surface area contributed by atoms with Gasteiger partial charge in [0.1, 0.15) is 18.1 Å². The third kappa shape index (κ3) is 7.70. The van der Waals surface area contributed by atoms with Crippen molar-refractivity contribution in [1.29, 1.82) is 0 Å². The van der Waals surface area contributed by atoms with Crippen LogP contribution in [0, 0.1) is 0 Å². The highest BCUT2D eigenvalue weighted by atomic mass is 16.4. The maximum absolute atomic E-state index is 13.0. The normalized spacial score (nSPS) is 21.8. The first-order valence-electron chi connectivity index (χ1n) is 11.0. The number of carboxylic acids is 2. The molecule has 0 aromatic heterocycles. The predicted octanol–water partition coefficient (Wildman–Crippen LogP) is -2.09. The summed E-state index contributed by atoms with van der Waals surface area (Å²) in [5.41, 5.74) is 5.18. The van der Waals surface area contributed by atoms with Crippen molar-refractivity contribution in [2.24, 2.45) is 5.73 Å². The van der Waals surface area contributed by atoms with E-state index in [4.69, 9.17) is 10.8 Å². The van der Waals surface area contributed by atoms with E-state index < -0.39 is 66.2 Å². The molecule has 0 radical (unpaired) electrons. The minimum atomic E-state index is -1.25. The molecule has 0 spiro atoms. The first kappa shape index (κ1) is 26.0. The zero-order valence-corrected chi connectivity index (χ0v) is 18.2. The zero-order chi connectivity index (χ0) is 24.5. The Morgan fingerprint density at radius 3 is 2.24 bits per heavy atom. The van der Waals surface area contributed by atoms with Gasteiger partial charge < -0.3 is 36.8 Å². The van der Waals surface area contributed by atoms with E-state index in [0.29, 0.717) is 19.4 Å². The molecule has 2 aliphatic rings. The van der Waals surface area contributed by atoms with Crippen LogP contribution in [0.25, 0.3) is 0 Å². The number of nitrogens with zero attached hydrogens (tertiary/aromatic N) is 1. The van der Waals surface area contributed by atoms with Crippen LogP contribution in [-0.2, 0) is 28.8 Å². The number of nitrogens with two attached hydrogens (primary N) is 1. The molecular weight excluding hydrogens is 438 g/mol. The number of rotatable bonds is 12. The monoisotopic (exact) mass is 469 g/mol. The number of hydrogen-bond acceptors (Lipinski definition) is 7. The summed E-state index contributed by atoms with van der Waals surface area (Å²) in [6.45, 7) is 0.833. The highest BCUT2D eigenvalue weighted by Gasteiger charge is 2.38. The summed E-state index contributed by atoms with van der Waals surface area (Å²) in [5, 5.41) is 26.4. The number of carbonyl (C=O) groups is 6. The van der Waals surface area contributed by atoms with E-state index in [9.17, 15) is 33.9 Å². The molecular formula is C20H31N5O8. The molecule has 7 N–H and O–H groups in total. The number of carbonyl (C=O) groups excluding carboxylic acids is 4. The molecule has 0 bridgehead atoms. The molecule has 2 saturated heterocycles. The Kier molecular flexibility index (Phi) is 9.57. The van der Waals surface area contributed by atoms with Gasteiger partial charge in [0.15, 0.2) is 0 Å². The van der Waals surface area contributed by atoms with Gasteiger partial charge in [-0.2, -0.15) is 0 Å². The molecule has 33 heavy (non-hydrogen) atoms. The van der Waals surface area contributed by atoms with Crippen LogP contribution < -0.4 is 21.7 Å². The number of amides is 4. The van der Waals surface area contributed by atoms with Gasteiger partial charge in [-0.05, 0) is 45.1 Å². The highest BCUT2D eigenvalue weighted by Crippen LogP contribution is 2.20. The summed E-state index contributed by atoms with van der Waals surface area (Å²) in [6, 6.07) is -4.02. The Morgan fingerprint density at radius 2 is 1.67 bits per heavy atom. The van der Waals surface area contributed by atoms with Crippen LogP contribution in [0.5, 0.6) is 0 Å². The van der Waals surface area contributed by atoms with Crippen molar-refractivity contribution in [3.8, 4) is 0 Å². The van der Waals surface area contributed by atoms with Gasteiger partial charge in [0, 0.05) is 19.4 Å². The number of primary amides is 1. The van der Waals surface area contributed by atoms with Crippen LogP contribution in [0.1, 0.15) is 51.4 Å². The lowest BCUT2D eigenvalue weighted by Crippen LogP contribution is -2.57.